The highest BCUT2D eigenvalue weighted by atomic mass is 35.5. The maximum absolute atomic E-state index is 6.32. The molecule has 0 aliphatic rings. The zero-order valence-electron chi connectivity index (χ0n) is 12.6. The zero-order valence-corrected chi connectivity index (χ0v) is 15.8. The van der Waals surface area contributed by atoms with Crippen molar-refractivity contribution in [1.29, 1.82) is 0 Å². The van der Waals surface area contributed by atoms with Gasteiger partial charge in [0.05, 0.1) is 5.02 Å². The van der Waals surface area contributed by atoms with E-state index >= 15 is 0 Å². The highest BCUT2D eigenvalue weighted by Gasteiger charge is 2.20. The van der Waals surface area contributed by atoms with Crippen molar-refractivity contribution in [2.75, 3.05) is 0 Å². The van der Waals surface area contributed by atoms with Gasteiger partial charge >= 0.3 is 0 Å². The Hall–Kier alpha value is -1.15. The van der Waals surface area contributed by atoms with Crippen LogP contribution in [-0.4, -0.2) is 24.1 Å². The Labute approximate surface area is 152 Å². The molecule has 0 atom stereocenters. The minimum atomic E-state index is 0.170. The first kappa shape index (κ1) is 16.7. The first-order chi connectivity index (χ1) is 11.0. The summed E-state index contributed by atoms with van der Waals surface area (Å²) in [7, 11) is 0. The second-order valence-corrected chi connectivity index (χ2v) is 7.91. The van der Waals surface area contributed by atoms with Crippen LogP contribution in [0.1, 0.15) is 25.7 Å². The van der Waals surface area contributed by atoms with Gasteiger partial charge in [0.1, 0.15) is 5.82 Å². The van der Waals surface area contributed by atoms with E-state index in [1.54, 1.807) is 12.1 Å². The van der Waals surface area contributed by atoms with E-state index in [0.717, 1.165) is 20.9 Å². The van der Waals surface area contributed by atoms with Gasteiger partial charge in [-0.05, 0) is 62.3 Å². The SMILES string of the molecule is Cc1nsc(Sc2nnc(-c3ccc(Cl)cc3Cl)n2C(C)C)n1. The zero-order chi connectivity index (χ0) is 16.6. The molecule has 2 heterocycles. The standard InChI is InChI=1S/C14H13Cl2N5S2/c1-7(2)21-12(10-5-4-9(15)6-11(10)16)18-19-13(21)22-14-17-8(3)20-23-14/h4-7H,1-3H3. The molecule has 0 unspecified atom stereocenters. The molecule has 9 heteroatoms. The van der Waals surface area contributed by atoms with Gasteiger partial charge in [-0.15, -0.1) is 10.2 Å². The minimum absolute atomic E-state index is 0.170. The first-order valence-electron chi connectivity index (χ1n) is 6.84. The summed E-state index contributed by atoms with van der Waals surface area (Å²) in [6.45, 7) is 6.02. The lowest BCUT2D eigenvalue weighted by Crippen LogP contribution is -2.05. The Morgan fingerprint density at radius 1 is 1.22 bits per heavy atom. The van der Waals surface area contributed by atoms with Crippen molar-refractivity contribution in [3.8, 4) is 11.4 Å². The van der Waals surface area contributed by atoms with Gasteiger partial charge in [0.2, 0.25) is 0 Å². The van der Waals surface area contributed by atoms with E-state index in [-0.39, 0.29) is 6.04 Å². The highest BCUT2D eigenvalue weighted by molar-refractivity contribution is 8.00. The third kappa shape index (κ3) is 3.52. The molecule has 3 aromatic rings. The van der Waals surface area contributed by atoms with Crippen LogP contribution in [-0.2, 0) is 0 Å². The number of aromatic nitrogens is 5. The number of nitrogens with zero attached hydrogens (tertiary/aromatic N) is 5. The molecule has 120 valence electrons. The maximum Gasteiger partial charge on any atom is 0.198 e. The van der Waals surface area contributed by atoms with Crippen LogP contribution in [0.3, 0.4) is 0 Å². The molecule has 0 saturated heterocycles. The van der Waals surface area contributed by atoms with Crippen LogP contribution in [0.2, 0.25) is 10.0 Å². The molecule has 0 fully saturated rings. The molecule has 3 rings (SSSR count). The molecular weight excluding hydrogens is 373 g/mol. The second kappa shape index (κ2) is 6.76. The summed E-state index contributed by atoms with van der Waals surface area (Å²) < 4.78 is 7.07. The second-order valence-electron chi connectivity index (χ2n) is 5.10. The van der Waals surface area contributed by atoms with Gasteiger partial charge in [0.15, 0.2) is 15.3 Å². The summed E-state index contributed by atoms with van der Waals surface area (Å²) in [4.78, 5) is 4.36. The quantitative estimate of drug-likeness (QED) is 0.621. The van der Waals surface area contributed by atoms with Crippen LogP contribution in [0.5, 0.6) is 0 Å². The number of hydrogen-bond donors (Lipinski definition) is 0. The number of hydrogen-bond acceptors (Lipinski definition) is 6. The van der Waals surface area contributed by atoms with Gasteiger partial charge in [0.25, 0.3) is 0 Å². The van der Waals surface area contributed by atoms with Gasteiger partial charge < -0.3 is 0 Å². The maximum atomic E-state index is 6.32. The number of rotatable bonds is 4. The van der Waals surface area contributed by atoms with E-state index in [2.05, 4.69) is 33.4 Å². The van der Waals surface area contributed by atoms with Gasteiger partial charge in [-0.25, -0.2) is 4.98 Å². The fourth-order valence-corrected chi connectivity index (χ4v) is 4.28. The summed E-state index contributed by atoms with van der Waals surface area (Å²) in [6, 6.07) is 5.53. The predicted octanol–water partition coefficient (Wildman–Crippen LogP) is 5.14. The minimum Gasteiger partial charge on any atom is -0.299 e. The smallest absolute Gasteiger partial charge is 0.198 e. The first-order valence-corrected chi connectivity index (χ1v) is 9.18. The fourth-order valence-electron chi connectivity index (χ4n) is 2.06. The van der Waals surface area contributed by atoms with Crippen LogP contribution in [0, 0.1) is 6.92 Å². The van der Waals surface area contributed by atoms with Crippen molar-refractivity contribution in [2.24, 2.45) is 0 Å². The summed E-state index contributed by atoms with van der Waals surface area (Å²) in [6.07, 6.45) is 0. The topological polar surface area (TPSA) is 56.5 Å². The summed E-state index contributed by atoms with van der Waals surface area (Å²) in [5.41, 5.74) is 0.803. The van der Waals surface area contributed by atoms with Gasteiger partial charge in [-0.1, -0.05) is 23.2 Å². The molecule has 0 spiro atoms. The lowest BCUT2D eigenvalue weighted by molar-refractivity contribution is 0.555. The Morgan fingerprint density at radius 3 is 2.61 bits per heavy atom. The average molecular weight is 386 g/mol. The van der Waals surface area contributed by atoms with E-state index in [1.807, 2.05) is 17.6 Å². The largest absolute Gasteiger partial charge is 0.299 e. The van der Waals surface area contributed by atoms with Gasteiger partial charge in [-0.2, -0.15) is 4.37 Å². The molecular formula is C14H13Cl2N5S2. The van der Waals surface area contributed by atoms with Crippen LogP contribution in [0.15, 0.2) is 27.7 Å². The monoisotopic (exact) mass is 385 g/mol. The van der Waals surface area contributed by atoms with Crippen LogP contribution in [0.25, 0.3) is 11.4 Å². The fraction of sp³-hybridized carbons (Fsp3) is 0.286. The van der Waals surface area contributed by atoms with Crippen molar-refractivity contribution in [3.05, 3.63) is 34.1 Å². The lowest BCUT2D eigenvalue weighted by atomic mass is 10.2. The Bertz CT molecular complexity index is 844. The number of aryl methyl sites for hydroxylation is 1. The van der Waals surface area contributed by atoms with Crippen molar-refractivity contribution in [3.63, 3.8) is 0 Å². The molecule has 0 saturated carbocycles. The molecule has 0 bridgehead atoms. The van der Waals surface area contributed by atoms with E-state index < -0.39 is 0 Å². The normalized spacial score (nSPS) is 11.4. The third-order valence-electron chi connectivity index (χ3n) is 3.04. The van der Waals surface area contributed by atoms with E-state index in [1.165, 1.54) is 23.3 Å². The van der Waals surface area contributed by atoms with Crippen molar-refractivity contribution in [1.82, 2.24) is 24.1 Å². The molecule has 2 aromatic heterocycles. The van der Waals surface area contributed by atoms with Crippen LogP contribution >= 0.6 is 46.5 Å². The summed E-state index contributed by atoms with van der Waals surface area (Å²) in [5.74, 6) is 1.47. The molecule has 0 aliphatic carbocycles. The lowest BCUT2D eigenvalue weighted by Gasteiger charge is -2.13. The molecule has 1 aromatic carbocycles. The molecule has 23 heavy (non-hydrogen) atoms. The molecule has 0 radical (unpaired) electrons. The van der Waals surface area contributed by atoms with Crippen molar-refractivity contribution >= 4 is 46.5 Å². The molecule has 0 N–H and O–H groups in total. The Balaban J connectivity index is 2.05. The molecule has 0 amide bonds. The average Bonchev–Trinajstić information content (AvgIpc) is 3.06. The van der Waals surface area contributed by atoms with Crippen molar-refractivity contribution in [2.45, 2.75) is 36.3 Å². The summed E-state index contributed by atoms with van der Waals surface area (Å²) >= 11 is 15.1. The highest BCUT2D eigenvalue weighted by Crippen LogP contribution is 2.35. The van der Waals surface area contributed by atoms with E-state index in [0.29, 0.717) is 15.9 Å². The van der Waals surface area contributed by atoms with Gasteiger partial charge in [-0.3, -0.25) is 4.57 Å². The Kier molecular flexibility index (Phi) is 4.91. The van der Waals surface area contributed by atoms with E-state index in [4.69, 9.17) is 23.2 Å². The van der Waals surface area contributed by atoms with Crippen LogP contribution in [0.4, 0.5) is 0 Å². The Morgan fingerprint density at radius 2 is 2.00 bits per heavy atom. The number of halogens is 2. The van der Waals surface area contributed by atoms with Gasteiger partial charge in [0, 0.05) is 16.6 Å². The van der Waals surface area contributed by atoms with Crippen molar-refractivity contribution < 1.29 is 0 Å². The molecule has 5 nitrogen and oxygen atoms in total. The molecule has 0 aliphatic heterocycles. The third-order valence-corrected chi connectivity index (χ3v) is 5.39. The van der Waals surface area contributed by atoms with E-state index in [9.17, 15) is 0 Å². The number of benzene rings is 1. The van der Waals surface area contributed by atoms with Crippen LogP contribution < -0.4 is 0 Å². The predicted molar refractivity (Wildman–Crippen MR) is 94.6 cm³/mol. The summed E-state index contributed by atoms with van der Waals surface area (Å²) in [5, 5.41) is 10.5.